The fraction of sp³-hybridized carbons (Fsp3) is 0.290. The predicted octanol–water partition coefficient (Wildman–Crippen LogP) is 4.99. The van der Waals surface area contributed by atoms with E-state index < -0.39 is 65.7 Å². The van der Waals surface area contributed by atoms with Crippen molar-refractivity contribution in [2.45, 2.75) is 43.6 Å². The smallest absolute Gasteiger partial charge is 0.386 e. The van der Waals surface area contributed by atoms with Crippen molar-refractivity contribution in [2.24, 2.45) is 5.92 Å². The molecule has 4 atom stereocenters. The quantitative estimate of drug-likeness (QED) is 0.238. The number of carbonyl (C=O) groups excluding carboxylic acids is 2. The van der Waals surface area contributed by atoms with E-state index in [1.807, 2.05) is 0 Å². The number of pyridine rings is 1. The van der Waals surface area contributed by atoms with Crippen LogP contribution in [-0.2, 0) is 23.9 Å². The van der Waals surface area contributed by atoms with Crippen LogP contribution in [0.5, 0.6) is 0 Å². The van der Waals surface area contributed by atoms with Gasteiger partial charge >= 0.3 is 6.18 Å². The number of nitrogens with one attached hydrogen (secondary N) is 2. The van der Waals surface area contributed by atoms with Crippen LogP contribution < -0.4 is 10.6 Å². The number of fused-ring (bicyclic) bond motifs is 3. The zero-order chi connectivity index (χ0) is 32.2. The Kier molecular flexibility index (Phi) is 7.63. The van der Waals surface area contributed by atoms with Crippen molar-refractivity contribution in [1.29, 1.82) is 0 Å². The average molecular weight is 630 g/mol. The Morgan fingerprint density at radius 2 is 1.82 bits per heavy atom. The van der Waals surface area contributed by atoms with Gasteiger partial charge in [-0.15, -0.1) is 0 Å². The molecule has 2 amide bonds. The molecule has 0 saturated heterocycles. The van der Waals surface area contributed by atoms with Crippen LogP contribution in [0.25, 0.3) is 11.1 Å². The number of carbonyl (C=O) groups is 2. The van der Waals surface area contributed by atoms with Gasteiger partial charge in [0.1, 0.15) is 24.0 Å². The van der Waals surface area contributed by atoms with E-state index in [-0.39, 0.29) is 40.4 Å². The normalized spacial score (nSPS) is 19.1. The number of benzene rings is 2. The molecule has 234 valence electrons. The fourth-order valence-corrected chi connectivity index (χ4v) is 6.09. The van der Waals surface area contributed by atoms with Crippen molar-refractivity contribution < 1.29 is 41.0 Å². The van der Waals surface area contributed by atoms with Crippen molar-refractivity contribution in [3.05, 3.63) is 106 Å². The molecule has 2 heterocycles. The number of rotatable bonds is 8. The van der Waals surface area contributed by atoms with Crippen LogP contribution in [0.15, 0.2) is 54.7 Å². The monoisotopic (exact) mass is 629 g/mol. The van der Waals surface area contributed by atoms with E-state index in [2.05, 4.69) is 20.7 Å². The molecule has 0 spiro atoms. The van der Waals surface area contributed by atoms with Crippen LogP contribution in [0.4, 0.5) is 26.3 Å². The first kappa shape index (κ1) is 30.3. The Labute approximate surface area is 252 Å². The van der Waals surface area contributed by atoms with Gasteiger partial charge in [-0.2, -0.15) is 18.3 Å². The number of alkyl halides is 3. The third-order valence-electron chi connectivity index (χ3n) is 8.10. The van der Waals surface area contributed by atoms with Gasteiger partial charge in [0.2, 0.25) is 5.91 Å². The van der Waals surface area contributed by atoms with Crippen LogP contribution in [0.2, 0.25) is 0 Å². The van der Waals surface area contributed by atoms with E-state index in [0.29, 0.717) is 23.6 Å². The molecular weight excluding hydrogens is 604 g/mol. The maximum Gasteiger partial charge on any atom is 0.435 e. The molecule has 2 aromatic heterocycles. The lowest BCUT2D eigenvalue weighted by atomic mass is 9.94. The third-order valence-corrected chi connectivity index (χ3v) is 8.10. The van der Waals surface area contributed by atoms with Crippen molar-refractivity contribution in [3.63, 3.8) is 0 Å². The molecule has 8 nitrogen and oxygen atoms in total. The van der Waals surface area contributed by atoms with Crippen molar-refractivity contribution in [2.75, 3.05) is 7.05 Å². The highest BCUT2D eigenvalue weighted by Crippen LogP contribution is 2.63. The van der Waals surface area contributed by atoms with Crippen molar-refractivity contribution >= 4 is 11.8 Å². The summed E-state index contributed by atoms with van der Waals surface area (Å²) in [6.45, 7) is -0.692. The predicted molar refractivity (Wildman–Crippen MR) is 147 cm³/mol. The molecule has 1 fully saturated rings. The molecule has 0 radical (unpaired) electrons. The largest absolute Gasteiger partial charge is 0.435 e. The van der Waals surface area contributed by atoms with Crippen LogP contribution in [0, 0.1) is 23.4 Å². The average Bonchev–Trinajstić information content (AvgIpc) is 3.60. The van der Waals surface area contributed by atoms with Crippen LogP contribution in [0.1, 0.15) is 63.1 Å². The molecule has 14 heteroatoms. The summed E-state index contributed by atoms with van der Waals surface area (Å²) in [6.07, 6.45) is -4.41. The third kappa shape index (κ3) is 5.77. The van der Waals surface area contributed by atoms with Gasteiger partial charge in [0.15, 0.2) is 5.69 Å². The molecule has 0 unspecified atom stereocenters. The number of nitrogens with zero attached hydrogens (tertiary/aromatic N) is 3. The summed E-state index contributed by atoms with van der Waals surface area (Å²) in [7, 11) is 1.34. The molecule has 2 aliphatic rings. The lowest BCUT2D eigenvalue weighted by molar-refractivity contribution is -0.142. The van der Waals surface area contributed by atoms with Gasteiger partial charge in [-0.1, -0.05) is 12.1 Å². The van der Waals surface area contributed by atoms with E-state index in [4.69, 9.17) is 0 Å². The Morgan fingerprint density at radius 3 is 2.51 bits per heavy atom. The van der Waals surface area contributed by atoms with Gasteiger partial charge < -0.3 is 15.7 Å². The molecular formula is C31H25F6N5O3. The van der Waals surface area contributed by atoms with Crippen LogP contribution in [0.3, 0.4) is 0 Å². The number of aliphatic hydroxyl groups excluding tert-OH is 1. The fourth-order valence-electron chi connectivity index (χ4n) is 6.09. The summed E-state index contributed by atoms with van der Waals surface area (Å²) in [4.78, 5) is 30.1. The van der Waals surface area contributed by atoms with E-state index in [0.717, 1.165) is 22.9 Å². The first-order valence-electron chi connectivity index (χ1n) is 13.9. The topological polar surface area (TPSA) is 109 Å². The van der Waals surface area contributed by atoms with Crippen molar-refractivity contribution in [1.82, 2.24) is 25.4 Å². The summed E-state index contributed by atoms with van der Waals surface area (Å²) >= 11 is 0. The molecule has 2 aliphatic carbocycles. The van der Waals surface area contributed by atoms with Gasteiger partial charge in [0.05, 0.1) is 29.1 Å². The second-order valence-corrected chi connectivity index (χ2v) is 11.1. The maximum atomic E-state index is 14.4. The second kappa shape index (κ2) is 11.3. The number of hydrogen-bond donors (Lipinski definition) is 3. The lowest BCUT2D eigenvalue weighted by Crippen LogP contribution is -2.34. The van der Waals surface area contributed by atoms with Crippen molar-refractivity contribution in [3.8, 4) is 11.1 Å². The van der Waals surface area contributed by atoms with E-state index >= 15 is 0 Å². The first-order valence-corrected chi connectivity index (χ1v) is 13.9. The SMILES string of the molecule is CNC(=O)c1cc(-c2cccnc2[C@H](Cc2cc(F)cc(F)c2)NC(=O)Cn2nc(C(F)(F)F)c3c2[C@H](O)[C@@H]2C[C@H]32)ccc1F. The Morgan fingerprint density at radius 1 is 1.09 bits per heavy atom. The molecule has 1 saturated carbocycles. The summed E-state index contributed by atoms with van der Waals surface area (Å²) < 4.78 is 85.0. The number of amides is 2. The molecule has 3 N–H and O–H groups in total. The van der Waals surface area contributed by atoms with Gasteiger partial charge in [-0.05, 0) is 66.1 Å². The standard InChI is InChI=1S/C31H25F6N5O3/c1-38-30(45)21-10-15(4-5-22(21)34)18-3-2-6-39-26(18)23(9-14-7-16(32)11-17(33)8-14)40-24(43)13-42-27-25(19-12-20(19)28(27)44)29(41-42)31(35,36)37/h2-8,10-11,19-20,23,28,44H,9,12-13H2,1H3,(H,38,45)(H,40,43)/t19-,20+,23-,28+/m0/s1. The molecule has 0 bridgehead atoms. The summed E-state index contributed by atoms with van der Waals surface area (Å²) in [5.74, 6) is -4.88. The highest BCUT2D eigenvalue weighted by atomic mass is 19.4. The van der Waals surface area contributed by atoms with Gasteiger partial charge in [-0.25, -0.2) is 13.2 Å². The minimum atomic E-state index is -4.79. The number of aromatic nitrogens is 3. The molecule has 4 aromatic rings. The zero-order valence-electron chi connectivity index (χ0n) is 23.5. The summed E-state index contributed by atoms with van der Waals surface area (Å²) in [5.41, 5.74) is -0.575. The Hall–Kier alpha value is -4.72. The molecule has 2 aromatic carbocycles. The highest BCUT2D eigenvalue weighted by molar-refractivity contribution is 5.95. The number of hydrogen-bond acceptors (Lipinski definition) is 5. The minimum absolute atomic E-state index is 0.0611. The van der Waals surface area contributed by atoms with Gasteiger partial charge in [-0.3, -0.25) is 19.3 Å². The van der Waals surface area contributed by atoms with E-state index in [1.165, 1.54) is 25.4 Å². The van der Waals surface area contributed by atoms with Gasteiger partial charge in [0, 0.05) is 30.4 Å². The Balaban J connectivity index is 1.37. The summed E-state index contributed by atoms with van der Waals surface area (Å²) in [6, 6.07) is 8.60. The molecule has 6 rings (SSSR count). The van der Waals surface area contributed by atoms with Crippen LogP contribution >= 0.6 is 0 Å². The Bertz CT molecular complexity index is 1800. The number of halogens is 6. The molecule has 45 heavy (non-hydrogen) atoms. The lowest BCUT2D eigenvalue weighted by Gasteiger charge is -2.22. The second-order valence-electron chi connectivity index (χ2n) is 11.1. The van der Waals surface area contributed by atoms with E-state index in [1.54, 1.807) is 12.1 Å². The highest BCUT2D eigenvalue weighted by Gasteiger charge is 2.58. The van der Waals surface area contributed by atoms with Gasteiger partial charge in [0.25, 0.3) is 5.91 Å². The zero-order valence-corrected chi connectivity index (χ0v) is 23.5. The maximum absolute atomic E-state index is 14.4. The van der Waals surface area contributed by atoms with E-state index in [9.17, 15) is 41.0 Å². The molecule has 0 aliphatic heterocycles. The first-order chi connectivity index (χ1) is 21.3. The van der Waals surface area contributed by atoms with Crippen LogP contribution in [-0.4, -0.2) is 38.7 Å². The minimum Gasteiger partial charge on any atom is -0.386 e. The number of aliphatic hydroxyl groups is 1. The summed E-state index contributed by atoms with van der Waals surface area (Å²) in [5, 5.41) is 19.3.